The van der Waals surface area contributed by atoms with Gasteiger partial charge in [0.15, 0.2) is 0 Å². The van der Waals surface area contributed by atoms with Gasteiger partial charge in [-0.05, 0) is 38.0 Å². The third-order valence-corrected chi connectivity index (χ3v) is 3.47. The molecule has 74 valence electrons. The molecule has 0 amide bonds. The third-order valence-electron chi connectivity index (χ3n) is 3.47. The van der Waals surface area contributed by atoms with Crippen molar-refractivity contribution in [2.45, 2.75) is 40.0 Å². The SMILES string of the molecule is CC1=CCC(C(C)C(C)C=O)CC1. The lowest BCUT2D eigenvalue weighted by molar-refractivity contribution is -0.112. The van der Waals surface area contributed by atoms with Crippen LogP contribution in [0.3, 0.4) is 0 Å². The Bertz CT molecular complexity index is 205. The highest BCUT2D eigenvalue weighted by atomic mass is 16.1. The highest BCUT2D eigenvalue weighted by Crippen LogP contribution is 2.32. The molecular weight excluding hydrogens is 160 g/mol. The van der Waals surface area contributed by atoms with E-state index < -0.39 is 0 Å². The largest absolute Gasteiger partial charge is 0.303 e. The van der Waals surface area contributed by atoms with E-state index in [2.05, 4.69) is 19.9 Å². The summed E-state index contributed by atoms with van der Waals surface area (Å²) in [7, 11) is 0. The maximum absolute atomic E-state index is 10.6. The molecule has 0 aromatic carbocycles. The first kappa shape index (κ1) is 10.5. The first-order valence-corrected chi connectivity index (χ1v) is 5.26. The van der Waals surface area contributed by atoms with E-state index in [-0.39, 0.29) is 5.92 Å². The maximum Gasteiger partial charge on any atom is 0.123 e. The van der Waals surface area contributed by atoms with Crippen molar-refractivity contribution in [3.63, 3.8) is 0 Å². The van der Waals surface area contributed by atoms with Gasteiger partial charge >= 0.3 is 0 Å². The van der Waals surface area contributed by atoms with Gasteiger partial charge < -0.3 is 4.79 Å². The van der Waals surface area contributed by atoms with Crippen molar-refractivity contribution in [1.29, 1.82) is 0 Å². The normalized spacial score (nSPS) is 27.6. The summed E-state index contributed by atoms with van der Waals surface area (Å²) < 4.78 is 0. The Labute approximate surface area is 81.2 Å². The predicted molar refractivity (Wildman–Crippen MR) is 55.5 cm³/mol. The van der Waals surface area contributed by atoms with Crippen molar-refractivity contribution in [2.24, 2.45) is 17.8 Å². The molecule has 0 bridgehead atoms. The van der Waals surface area contributed by atoms with E-state index in [1.807, 2.05) is 6.92 Å². The number of carbonyl (C=O) groups is 1. The maximum atomic E-state index is 10.6. The summed E-state index contributed by atoms with van der Waals surface area (Å²) in [6.07, 6.45) is 7.09. The van der Waals surface area contributed by atoms with Crippen molar-refractivity contribution in [2.75, 3.05) is 0 Å². The number of carbonyl (C=O) groups excluding carboxylic acids is 1. The van der Waals surface area contributed by atoms with E-state index in [1.165, 1.54) is 24.8 Å². The monoisotopic (exact) mass is 180 g/mol. The lowest BCUT2D eigenvalue weighted by Crippen LogP contribution is -2.21. The number of hydrogen-bond donors (Lipinski definition) is 0. The Morgan fingerprint density at radius 3 is 2.69 bits per heavy atom. The minimum atomic E-state index is 0.219. The Morgan fingerprint density at radius 2 is 2.23 bits per heavy atom. The van der Waals surface area contributed by atoms with Crippen LogP contribution in [0, 0.1) is 17.8 Å². The van der Waals surface area contributed by atoms with Crippen LogP contribution in [-0.2, 0) is 4.79 Å². The summed E-state index contributed by atoms with van der Waals surface area (Å²) in [5.74, 6) is 1.49. The highest BCUT2D eigenvalue weighted by Gasteiger charge is 2.23. The second-order valence-electron chi connectivity index (χ2n) is 4.44. The molecule has 0 spiro atoms. The fraction of sp³-hybridized carbons (Fsp3) is 0.750. The molecule has 0 saturated heterocycles. The molecule has 13 heavy (non-hydrogen) atoms. The topological polar surface area (TPSA) is 17.1 Å². The number of aldehydes is 1. The van der Waals surface area contributed by atoms with Gasteiger partial charge in [-0.15, -0.1) is 0 Å². The smallest absolute Gasteiger partial charge is 0.123 e. The average Bonchev–Trinajstić information content (AvgIpc) is 2.17. The standard InChI is InChI=1S/C12H20O/c1-9-4-6-12(7-5-9)11(3)10(2)8-13/h4,8,10-12H,5-7H2,1-3H3. The minimum Gasteiger partial charge on any atom is -0.303 e. The molecule has 0 saturated carbocycles. The van der Waals surface area contributed by atoms with Crippen LogP contribution in [0.2, 0.25) is 0 Å². The van der Waals surface area contributed by atoms with Crippen LogP contribution in [0.5, 0.6) is 0 Å². The molecule has 1 nitrogen and oxygen atoms in total. The zero-order valence-electron chi connectivity index (χ0n) is 8.92. The fourth-order valence-electron chi connectivity index (χ4n) is 2.02. The number of hydrogen-bond acceptors (Lipinski definition) is 1. The lowest BCUT2D eigenvalue weighted by atomic mass is 9.77. The third kappa shape index (κ3) is 2.68. The van der Waals surface area contributed by atoms with Crippen LogP contribution < -0.4 is 0 Å². The van der Waals surface area contributed by atoms with Crippen LogP contribution in [0.4, 0.5) is 0 Å². The van der Waals surface area contributed by atoms with Gasteiger partial charge in [-0.25, -0.2) is 0 Å². The molecule has 3 unspecified atom stereocenters. The van der Waals surface area contributed by atoms with E-state index >= 15 is 0 Å². The first-order valence-electron chi connectivity index (χ1n) is 5.26. The Kier molecular flexibility index (Phi) is 3.71. The van der Waals surface area contributed by atoms with Gasteiger partial charge in [-0.2, -0.15) is 0 Å². The first-order chi connectivity index (χ1) is 6.15. The van der Waals surface area contributed by atoms with Crippen LogP contribution in [0.25, 0.3) is 0 Å². The van der Waals surface area contributed by atoms with Crippen molar-refractivity contribution < 1.29 is 4.79 Å². The second kappa shape index (κ2) is 4.59. The van der Waals surface area contributed by atoms with Gasteiger partial charge in [-0.3, -0.25) is 0 Å². The summed E-state index contributed by atoms with van der Waals surface area (Å²) in [5.41, 5.74) is 1.52. The Hall–Kier alpha value is -0.590. The van der Waals surface area contributed by atoms with Gasteiger partial charge in [0.05, 0.1) is 0 Å². The zero-order chi connectivity index (χ0) is 9.84. The molecule has 3 atom stereocenters. The van der Waals surface area contributed by atoms with Crippen molar-refractivity contribution in [1.82, 2.24) is 0 Å². The molecule has 0 aromatic heterocycles. The molecule has 1 heteroatoms. The summed E-state index contributed by atoms with van der Waals surface area (Å²) >= 11 is 0. The molecular formula is C12H20O. The average molecular weight is 180 g/mol. The van der Waals surface area contributed by atoms with Crippen LogP contribution in [0.15, 0.2) is 11.6 Å². The summed E-state index contributed by atoms with van der Waals surface area (Å²) in [4.78, 5) is 10.6. The molecule has 0 fully saturated rings. The zero-order valence-corrected chi connectivity index (χ0v) is 8.92. The van der Waals surface area contributed by atoms with Crippen LogP contribution >= 0.6 is 0 Å². The van der Waals surface area contributed by atoms with Gasteiger partial charge in [0.1, 0.15) is 6.29 Å². The van der Waals surface area contributed by atoms with Gasteiger partial charge in [-0.1, -0.05) is 25.5 Å². The Balaban J connectivity index is 2.49. The Morgan fingerprint density at radius 1 is 1.54 bits per heavy atom. The van der Waals surface area contributed by atoms with Crippen molar-refractivity contribution in [3.8, 4) is 0 Å². The predicted octanol–water partition coefficient (Wildman–Crippen LogP) is 3.20. The van der Waals surface area contributed by atoms with E-state index in [4.69, 9.17) is 0 Å². The quantitative estimate of drug-likeness (QED) is 0.481. The molecule has 0 N–H and O–H groups in total. The van der Waals surface area contributed by atoms with Crippen LogP contribution in [0.1, 0.15) is 40.0 Å². The molecule has 1 aliphatic carbocycles. The summed E-state index contributed by atoms with van der Waals surface area (Å²) in [6.45, 7) is 6.44. The molecule has 1 aliphatic rings. The number of allylic oxidation sites excluding steroid dienone is 2. The number of rotatable bonds is 3. The fourth-order valence-corrected chi connectivity index (χ4v) is 2.02. The minimum absolute atomic E-state index is 0.219. The van der Waals surface area contributed by atoms with Crippen molar-refractivity contribution >= 4 is 6.29 Å². The summed E-state index contributed by atoms with van der Waals surface area (Å²) in [5, 5.41) is 0. The molecule has 0 radical (unpaired) electrons. The van der Waals surface area contributed by atoms with E-state index in [9.17, 15) is 4.79 Å². The van der Waals surface area contributed by atoms with Crippen LogP contribution in [-0.4, -0.2) is 6.29 Å². The van der Waals surface area contributed by atoms with E-state index in [0.29, 0.717) is 5.92 Å². The van der Waals surface area contributed by atoms with E-state index in [0.717, 1.165) is 12.2 Å². The molecule has 0 aliphatic heterocycles. The molecule has 1 rings (SSSR count). The molecule has 0 heterocycles. The van der Waals surface area contributed by atoms with E-state index in [1.54, 1.807) is 0 Å². The molecule has 0 aromatic rings. The summed E-state index contributed by atoms with van der Waals surface area (Å²) in [6, 6.07) is 0. The second-order valence-corrected chi connectivity index (χ2v) is 4.44. The highest BCUT2D eigenvalue weighted by molar-refractivity contribution is 5.53. The van der Waals surface area contributed by atoms with Gasteiger partial charge in [0, 0.05) is 5.92 Å². The van der Waals surface area contributed by atoms with Crippen molar-refractivity contribution in [3.05, 3.63) is 11.6 Å². The van der Waals surface area contributed by atoms with Gasteiger partial charge in [0.2, 0.25) is 0 Å². The lowest BCUT2D eigenvalue weighted by Gasteiger charge is -2.28. The van der Waals surface area contributed by atoms with Gasteiger partial charge in [0.25, 0.3) is 0 Å².